The fourth-order valence-electron chi connectivity index (χ4n) is 3.43. The Bertz CT molecular complexity index is 981. The van der Waals surface area contributed by atoms with Crippen LogP contribution >= 0.6 is 0 Å². The van der Waals surface area contributed by atoms with Gasteiger partial charge in [0.1, 0.15) is 17.9 Å². The third-order valence-corrected chi connectivity index (χ3v) is 4.98. The highest BCUT2D eigenvalue weighted by Gasteiger charge is 2.18. The van der Waals surface area contributed by atoms with Crippen molar-refractivity contribution in [2.75, 3.05) is 39.5 Å². The van der Waals surface area contributed by atoms with Crippen LogP contribution in [0.15, 0.2) is 42.7 Å². The van der Waals surface area contributed by atoms with E-state index in [2.05, 4.69) is 20.3 Å². The molecule has 2 aromatic heterocycles. The molecular formula is C21H25N5O3. The van der Waals surface area contributed by atoms with Crippen LogP contribution in [0.4, 0.5) is 0 Å². The number of fused-ring (bicyclic) bond motifs is 1. The van der Waals surface area contributed by atoms with Gasteiger partial charge in [0.2, 0.25) is 0 Å². The number of para-hydroxylation sites is 1. The second kappa shape index (κ2) is 9.02. The van der Waals surface area contributed by atoms with Crippen LogP contribution in [0.3, 0.4) is 0 Å². The maximum absolute atomic E-state index is 12.8. The summed E-state index contributed by atoms with van der Waals surface area (Å²) in [5, 5.41) is 7.32. The third-order valence-electron chi connectivity index (χ3n) is 4.98. The first kappa shape index (κ1) is 19.4. The van der Waals surface area contributed by atoms with Crippen LogP contribution in [-0.4, -0.2) is 64.9 Å². The van der Waals surface area contributed by atoms with Gasteiger partial charge in [-0.25, -0.2) is 9.50 Å². The molecule has 1 N–H and O–H groups in total. The van der Waals surface area contributed by atoms with Gasteiger partial charge in [0, 0.05) is 44.1 Å². The predicted octanol–water partition coefficient (Wildman–Crippen LogP) is 1.68. The monoisotopic (exact) mass is 395 g/mol. The zero-order valence-corrected chi connectivity index (χ0v) is 16.5. The van der Waals surface area contributed by atoms with Crippen molar-refractivity contribution in [2.45, 2.75) is 13.5 Å². The number of hydrogen-bond donors (Lipinski definition) is 1. The summed E-state index contributed by atoms with van der Waals surface area (Å²) in [5.41, 5.74) is 2.63. The number of ether oxygens (including phenoxy) is 2. The lowest BCUT2D eigenvalue weighted by atomic mass is 10.2. The Morgan fingerprint density at radius 1 is 1.24 bits per heavy atom. The smallest absolute Gasteiger partial charge is 0.257 e. The topological polar surface area (TPSA) is 81.0 Å². The Morgan fingerprint density at radius 2 is 2.07 bits per heavy atom. The maximum atomic E-state index is 12.8. The molecule has 0 saturated carbocycles. The van der Waals surface area contributed by atoms with Gasteiger partial charge in [-0.1, -0.05) is 18.2 Å². The first-order valence-electron chi connectivity index (χ1n) is 9.81. The van der Waals surface area contributed by atoms with E-state index in [1.165, 1.54) is 0 Å². The lowest BCUT2D eigenvalue weighted by molar-refractivity contribution is 0.0322. The number of benzene rings is 1. The van der Waals surface area contributed by atoms with E-state index in [0.29, 0.717) is 30.1 Å². The second-order valence-corrected chi connectivity index (χ2v) is 6.94. The number of amides is 1. The van der Waals surface area contributed by atoms with Crippen LogP contribution < -0.4 is 10.1 Å². The minimum absolute atomic E-state index is 0.195. The summed E-state index contributed by atoms with van der Waals surface area (Å²) in [6.07, 6.45) is 3.44. The van der Waals surface area contributed by atoms with Crippen molar-refractivity contribution in [3.63, 3.8) is 0 Å². The van der Waals surface area contributed by atoms with Gasteiger partial charge in [0.25, 0.3) is 5.91 Å². The molecule has 0 atom stereocenters. The molecule has 0 bridgehead atoms. The number of nitrogens with zero attached hydrogens (tertiary/aromatic N) is 4. The van der Waals surface area contributed by atoms with Gasteiger partial charge in [0.15, 0.2) is 5.65 Å². The first-order chi connectivity index (χ1) is 14.2. The van der Waals surface area contributed by atoms with E-state index in [-0.39, 0.29) is 5.91 Å². The predicted molar refractivity (Wildman–Crippen MR) is 108 cm³/mol. The van der Waals surface area contributed by atoms with Crippen LogP contribution in [0.25, 0.3) is 5.65 Å². The first-order valence-corrected chi connectivity index (χ1v) is 9.81. The van der Waals surface area contributed by atoms with Gasteiger partial charge in [-0.2, -0.15) is 5.10 Å². The van der Waals surface area contributed by atoms with Crippen LogP contribution in [-0.2, 0) is 11.3 Å². The van der Waals surface area contributed by atoms with Crippen molar-refractivity contribution < 1.29 is 14.3 Å². The number of morpholine rings is 1. The molecule has 0 unspecified atom stereocenters. The quantitative estimate of drug-likeness (QED) is 0.656. The number of carbonyl (C=O) groups excluding carboxylic acids is 1. The molecule has 1 aliphatic heterocycles. The molecule has 3 aromatic rings. The summed E-state index contributed by atoms with van der Waals surface area (Å²) < 4.78 is 13.0. The average Bonchev–Trinajstić information content (AvgIpc) is 3.09. The normalized spacial score (nSPS) is 14.8. The van der Waals surface area contributed by atoms with Crippen LogP contribution in [0.1, 0.15) is 21.6 Å². The van der Waals surface area contributed by atoms with Gasteiger partial charge in [0.05, 0.1) is 18.9 Å². The highest BCUT2D eigenvalue weighted by molar-refractivity contribution is 6.00. The molecule has 1 fully saturated rings. The van der Waals surface area contributed by atoms with Crippen LogP contribution in [0.5, 0.6) is 5.75 Å². The number of carbonyl (C=O) groups is 1. The third kappa shape index (κ3) is 4.55. The molecule has 1 saturated heterocycles. The molecule has 4 rings (SSSR count). The van der Waals surface area contributed by atoms with Crippen LogP contribution in [0.2, 0.25) is 0 Å². The highest BCUT2D eigenvalue weighted by atomic mass is 16.5. The molecule has 3 heterocycles. The summed E-state index contributed by atoms with van der Waals surface area (Å²) in [5.74, 6) is 0.593. The summed E-state index contributed by atoms with van der Waals surface area (Å²) in [6.45, 7) is 7.07. The van der Waals surface area contributed by atoms with E-state index in [4.69, 9.17) is 9.47 Å². The second-order valence-electron chi connectivity index (χ2n) is 6.94. The van der Waals surface area contributed by atoms with E-state index in [1.54, 1.807) is 23.0 Å². The molecular weight excluding hydrogens is 370 g/mol. The van der Waals surface area contributed by atoms with E-state index in [1.807, 2.05) is 31.2 Å². The molecule has 152 valence electrons. The van der Waals surface area contributed by atoms with E-state index < -0.39 is 0 Å². The SMILES string of the molecule is Cc1nn2cccnc2c1C(=O)NCc1ccccc1OCCN1CCOCC1. The number of rotatable bonds is 7. The molecule has 1 aliphatic rings. The van der Waals surface area contributed by atoms with E-state index in [9.17, 15) is 4.79 Å². The maximum Gasteiger partial charge on any atom is 0.257 e. The summed E-state index contributed by atoms with van der Waals surface area (Å²) >= 11 is 0. The Kier molecular flexibility index (Phi) is 6.02. The van der Waals surface area contributed by atoms with Crippen molar-refractivity contribution in [1.82, 2.24) is 24.8 Å². The Morgan fingerprint density at radius 3 is 2.93 bits per heavy atom. The van der Waals surface area contributed by atoms with Gasteiger partial charge in [-0.15, -0.1) is 0 Å². The largest absolute Gasteiger partial charge is 0.492 e. The van der Waals surface area contributed by atoms with Gasteiger partial charge >= 0.3 is 0 Å². The van der Waals surface area contributed by atoms with Crippen molar-refractivity contribution in [3.05, 3.63) is 59.5 Å². The summed E-state index contributed by atoms with van der Waals surface area (Å²) in [4.78, 5) is 19.4. The summed E-state index contributed by atoms with van der Waals surface area (Å²) in [6, 6.07) is 9.56. The zero-order valence-electron chi connectivity index (χ0n) is 16.5. The average molecular weight is 395 g/mol. The fourth-order valence-corrected chi connectivity index (χ4v) is 3.43. The van der Waals surface area contributed by atoms with Gasteiger partial charge in [-0.3, -0.25) is 9.69 Å². The van der Waals surface area contributed by atoms with Crippen molar-refractivity contribution in [1.29, 1.82) is 0 Å². The lowest BCUT2D eigenvalue weighted by Gasteiger charge is -2.26. The van der Waals surface area contributed by atoms with Crippen molar-refractivity contribution in [2.24, 2.45) is 0 Å². The molecule has 0 spiro atoms. The highest BCUT2D eigenvalue weighted by Crippen LogP contribution is 2.19. The van der Waals surface area contributed by atoms with E-state index in [0.717, 1.165) is 44.2 Å². The Hall–Kier alpha value is -2.97. The van der Waals surface area contributed by atoms with E-state index >= 15 is 0 Å². The minimum Gasteiger partial charge on any atom is -0.492 e. The molecule has 1 aromatic carbocycles. The van der Waals surface area contributed by atoms with Crippen molar-refractivity contribution >= 4 is 11.6 Å². The minimum atomic E-state index is -0.195. The standard InChI is InChI=1S/C21H25N5O3/c1-16-19(20-22-7-4-8-26(20)24-16)21(27)23-15-17-5-2-3-6-18(17)29-14-11-25-9-12-28-13-10-25/h2-8H,9-15H2,1H3,(H,23,27). The molecule has 8 nitrogen and oxygen atoms in total. The van der Waals surface area contributed by atoms with Gasteiger partial charge < -0.3 is 14.8 Å². The van der Waals surface area contributed by atoms with Gasteiger partial charge in [-0.05, 0) is 19.1 Å². The number of nitrogens with one attached hydrogen (secondary N) is 1. The number of aryl methyl sites for hydroxylation is 1. The summed E-state index contributed by atoms with van der Waals surface area (Å²) in [7, 11) is 0. The zero-order chi connectivity index (χ0) is 20.1. The molecule has 8 heteroatoms. The Balaban J connectivity index is 1.38. The molecule has 0 aliphatic carbocycles. The fraction of sp³-hybridized carbons (Fsp3) is 0.381. The number of aromatic nitrogens is 3. The number of hydrogen-bond acceptors (Lipinski definition) is 6. The molecule has 1 amide bonds. The van der Waals surface area contributed by atoms with Crippen molar-refractivity contribution in [3.8, 4) is 5.75 Å². The van der Waals surface area contributed by atoms with Crippen LogP contribution in [0, 0.1) is 6.92 Å². The molecule has 0 radical (unpaired) electrons. The Labute approximate surface area is 169 Å². The lowest BCUT2D eigenvalue weighted by Crippen LogP contribution is -2.38. The molecule has 29 heavy (non-hydrogen) atoms.